The predicted molar refractivity (Wildman–Crippen MR) is 119 cm³/mol. The van der Waals surface area contributed by atoms with Crippen molar-refractivity contribution in [2.45, 2.75) is 33.3 Å². The van der Waals surface area contributed by atoms with Gasteiger partial charge in [-0.1, -0.05) is 0 Å². The van der Waals surface area contributed by atoms with Gasteiger partial charge in [0.1, 0.15) is 11.5 Å². The van der Waals surface area contributed by atoms with Gasteiger partial charge in [0.25, 0.3) is 5.91 Å². The van der Waals surface area contributed by atoms with E-state index in [0.29, 0.717) is 37.4 Å². The Labute approximate surface area is 186 Å². The summed E-state index contributed by atoms with van der Waals surface area (Å²) in [5.41, 5.74) is 4.74. The summed E-state index contributed by atoms with van der Waals surface area (Å²) in [6, 6.07) is 6.90. The van der Waals surface area contributed by atoms with Crippen LogP contribution in [0.1, 0.15) is 34.1 Å². The van der Waals surface area contributed by atoms with E-state index in [4.69, 9.17) is 9.72 Å². The summed E-state index contributed by atoms with van der Waals surface area (Å²) in [6.07, 6.45) is 2.27. The van der Waals surface area contributed by atoms with Gasteiger partial charge < -0.3 is 19.4 Å². The summed E-state index contributed by atoms with van der Waals surface area (Å²) in [5, 5.41) is 2.47. The fourth-order valence-corrected chi connectivity index (χ4v) is 4.20. The number of hydrogen-bond donors (Lipinski definition) is 1. The molecular weight excluding hydrogens is 411 g/mol. The minimum absolute atomic E-state index is 0.00243. The molecule has 0 bridgehead atoms. The monoisotopic (exact) mass is 438 g/mol. The third-order valence-corrected chi connectivity index (χ3v) is 5.93. The van der Waals surface area contributed by atoms with Gasteiger partial charge in [0.15, 0.2) is 0 Å². The van der Waals surface area contributed by atoms with Crippen molar-refractivity contribution in [3.8, 4) is 11.3 Å². The Morgan fingerprint density at radius 3 is 2.78 bits per heavy atom. The summed E-state index contributed by atoms with van der Waals surface area (Å²) >= 11 is 0. The van der Waals surface area contributed by atoms with Crippen LogP contribution in [0.5, 0.6) is 0 Å². The largest absolute Gasteiger partial charge is 0.374 e. The van der Waals surface area contributed by atoms with E-state index in [9.17, 15) is 14.0 Å². The number of nitrogens with one attached hydrogen (secondary N) is 1. The molecule has 1 saturated heterocycles. The third kappa shape index (κ3) is 4.10. The van der Waals surface area contributed by atoms with Crippen molar-refractivity contribution in [1.29, 1.82) is 0 Å². The minimum atomic E-state index is -0.596. The standard InChI is InChI=1S/C24H27FN4O3/c1-14-5-6-29-21(11-17-13-28(16(3)30)7-8-32-17)23(27-22(29)9-14)18-12-20(25)19(10-15(18)2)24(31)26-4/h5-6,9-10,12,17H,7-8,11,13H2,1-4H3,(H,26,31)/t17-/m1/s1. The molecule has 0 aliphatic carbocycles. The fourth-order valence-electron chi connectivity index (χ4n) is 4.20. The average molecular weight is 439 g/mol. The number of imidazole rings is 1. The van der Waals surface area contributed by atoms with Gasteiger partial charge in [-0.3, -0.25) is 9.59 Å². The molecule has 0 saturated carbocycles. The number of ether oxygens (including phenoxy) is 1. The summed E-state index contributed by atoms with van der Waals surface area (Å²) < 4.78 is 22.8. The molecule has 3 heterocycles. The molecular formula is C24H27FN4O3. The van der Waals surface area contributed by atoms with E-state index >= 15 is 0 Å². The lowest BCUT2D eigenvalue weighted by Crippen LogP contribution is -2.45. The predicted octanol–water partition coefficient (Wildman–Crippen LogP) is 2.91. The lowest BCUT2D eigenvalue weighted by atomic mass is 9.98. The summed E-state index contributed by atoms with van der Waals surface area (Å²) in [6.45, 7) is 6.95. The SMILES string of the molecule is CNC(=O)c1cc(C)c(-c2nc3cc(C)ccn3c2C[C@@H]2CN(C(C)=O)CCO2)cc1F. The van der Waals surface area contributed by atoms with Crippen molar-refractivity contribution in [3.63, 3.8) is 0 Å². The molecule has 0 radical (unpaired) electrons. The van der Waals surface area contributed by atoms with Crippen LogP contribution in [0, 0.1) is 19.7 Å². The second-order valence-corrected chi connectivity index (χ2v) is 8.23. The zero-order chi connectivity index (χ0) is 23.0. The first-order valence-corrected chi connectivity index (χ1v) is 10.7. The number of benzene rings is 1. The van der Waals surface area contributed by atoms with E-state index in [-0.39, 0.29) is 17.6 Å². The van der Waals surface area contributed by atoms with E-state index in [2.05, 4.69) is 5.32 Å². The number of pyridine rings is 1. The summed E-state index contributed by atoms with van der Waals surface area (Å²) in [4.78, 5) is 30.5. The van der Waals surface area contributed by atoms with Crippen molar-refractivity contribution in [2.24, 2.45) is 0 Å². The van der Waals surface area contributed by atoms with Crippen LogP contribution in [0.4, 0.5) is 4.39 Å². The van der Waals surface area contributed by atoms with Crippen molar-refractivity contribution in [1.82, 2.24) is 19.6 Å². The maximum absolute atomic E-state index is 14.8. The van der Waals surface area contributed by atoms with E-state index < -0.39 is 11.7 Å². The lowest BCUT2D eigenvalue weighted by Gasteiger charge is -2.32. The van der Waals surface area contributed by atoms with Crippen LogP contribution >= 0.6 is 0 Å². The lowest BCUT2D eigenvalue weighted by molar-refractivity contribution is -0.136. The molecule has 1 fully saturated rings. The first-order chi connectivity index (χ1) is 15.3. The Bertz CT molecular complexity index is 1200. The number of halogens is 1. The van der Waals surface area contributed by atoms with Crippen LogP contribution in [0.2, 0.25) is 0 Å². The number of nitrogens with zero attached hydrogens (tertiary/aromatic N) is 3. The molecule has 0 spiro atoms. The number of carbonyl (C=O) groups excluding carboxylic acids is 2. The van der Waals surface area contributed by atoms with Crippen molar-refractivity contribution < 1.29 is 18.7 Å². The van der Waals surface area contributed by atoms with Crippen LogP contribution in [-0.4, -0.2) is 58.9 Å². The van der Waals surface area contributed by atoms with Gasteiger partial charge in [-0.2, -0.15) is 0 Å². The number of fused-ring (bicyclic) bond motifs is 1. The topological polar surface area (TPSA) is 75.9 Å². The molecule has 8 heteroatoms. The van der Waals surface area contributed by atoms with Gasteiger partial charge >= 0.3 is 0 Å². The van der Waals surface area contributed by atoms with Gasteiger partial charge in [-0.05, 0) is 49.2 Å². The second kappa shape index (κ2) is 8.70. The molecule has 1 atom stereocenters. The molecule has 1 N–H and O–H groups in total. The molecule has 2 amide bonds. The van der Waals surface area contributed by atoms with Crippen LogP contribution in [0.3, 0.4) is 0 Å². The smallest absolute Gasteiger partial charge is 0.254 e. The highest BCUT2D eigenvalue weighted by Gasteiger charge is 2.26. The maximum Gasteiger partial charge on any atom is 0.254 e. The number of morpholine rings is 1. The van der Waals surface area contributed by atoms with Gasteiger partial charge in [0.2, 0.25) is 5.91 Å². The Morgan fingerprint density at radius 2 is 2.06 bits per heavy atom. The number of amides is 2. The third-order valence-electron chi connectivity index (χ3n) is 5.93. The number of rotatable bonds is 4. The number of hydrogen-bond acceptors (Lipinski definition) is 4. The van der Waals surface area contributed by atoms with Crippen LogP contribution in [0.15, 0.2) is 30.5 Å². The first kappa shape index (κ1) is 22.0. The maximum atomic E-state index is 14.8. The minimum Gasteiger partial charge on any atom is -0.374 e. The fraction of sp³-hybridized carbons (Fsp3) is 0.375. The van der Waals surface area contributed by atoms with E-state index in [1.54, 1.807) is 17.9 Å². The Hall–Kier alpha value is -3.26. The quantitative estimate of drug-likeness (QED) is 0.680. The number of aromatic nitrogens is 2. The molecule has 168 valence electrons. The second-order valence-electron chi connectivity index (χ2n) is 8.23. The first-order valence-electron chi connectivity index (χ1n) is 10.7. The van der Waals surface area contributed by atoms with Crippen LogP contribution in [-0.2, 0) is 16.0 Å². The normalized spacial score (nSPS) is 16.4. The Morgan fingerprint density at radius 1 is 1.28 bits per heavy atom. The Balaban J connectivity index is 1.81. The van der Waals surface area contributed by atoms with E-state index in [0.717, 1.165) is 22.5 Å². The van der Waals surface area contributed by atoms with E-state index in [1.807, 2.05) is 36.6 Å². The molecule has 0 unspecified atom stereocenters. The molecule has 1 aliphatic rings. The number of carbonyl (C=O) groups is 2. The Kier molecular flexibility index (Phi) is 5.97. The molecule has 7 nitrogen and oxygen atoms in total. The molecule has 2 aromatic heterocycles. The van der Waals surface area contributed by atoms with Crippen molar-refractivity contribution >= 4 is 17.5 Å². The molecule has 3 aromatic rings. The van der Waals surface area contributed by atoms with Gasteiger partial charge in [-0.25, -0.2) is 9.37 Å². The summed E-state index contributed by atoms with van der Waals surface area (Å²) in [7, 11) is 1.47. The molecule has 1 aliphatic heterocycles. The van der Waals surface area contributed by atoms with E-state index in [1.165, 1.54) is 13.1 Å². The highest BCUT2D eigenvalue weighted by Crippen LogP contribution is 2.31. The van der Waals surface area contributed by atoms with Crippen LogP contribution in [0.25, 0.3) is 16.9 Å². The van der Waals surface area contributed by atoms with Gasteiger partial charge in [0, 0.05) is 45.2 Å². The zero-order valence-electron chi connectivity index (χ0n) is 18.7. The summed E-state index contributed by atoms with van der Waals surface area (Å²) in [5.74, 6) is -1.04. The highest BCUT2D eigenvalue weighted by molar-refractivity contribution is 5.95. The van der Waals surface area contributed by atoms with Crippen molar-refractivity contribution in [3.05, 3.63) is 58.7 Å². The average Bonchev–Trinajstić information content (AvgIpc) is 3.11. The van der Waals surface area contributed by atoms with Gasteiger partial charge in [-0.15, -0.1) is 0 Å². The van der Waals surface area contributed by atoms with Gasteiger partial charge in [0.05, 0.1) is 29.7 Å². The molecule has 4 rings (SSSR count). The molecule has 32 heavy (non-hydrogen) atoms. The molecule has 1 aromatic carbocycles. The zero-order valence-corrected chi connectivity index (χ0v) is 18.7. The highest BCUT2D eigenvalue weighted by atomic mass is 19.1. The number of aryl methyl sites for hydroxylation is 2. The van der Waals surface area contributed by atoms with Crippen molar-refractivity contribution in [2.75, 3.05) is 26.7 Å². The van der Waals surface area contributed by atoms with Crippen LogP contribution < -0.4 is 5.32 Å².